The molecule has 0 bridgehead atoms. The Hall–Kier alpha value is -1.50. The number of hydrogen-bond donors (Lipinski definition) is 0. The van der Waals surface area contributed by atoms with Crippen LogP contribution in [-0.4, -0.2) is 57.1 Å². The molecular weight excluding hydrogens is 301 g/mol. The van der Waals surface area contributed by atoms with Crippen LogP contribution in [0.25, 0.3) is 0 Å². The summed E-state index contributed by atoms with van der Waals surface area (Å²) in [6.45, 7) is 4.13. The maximum atomic E-state index is 13.7. The van der Waals surface area contributed by atoms with Gasteiger partial charge in [-0.05, 0) is 43.0 Å². The largest absolute Gasteiger partial charge is 0.465 e. The molecule has 2 aliphatic rings. The highest BCUT2D eigenvalue weighted by molar-refractivity contribution is 5.89. The van der Waals surface area contributed by atoms with Crippen molar-refractivity contribution in [3.05, 3.63) is 35.1 Å². The van der Waals surface area contributed by atoms with Gasteiger partial charge in [-0.15, -0.1) is 0 Å². The average Bonchev–Trinajstić information content (AvgIpc) is 3.21. The number of benzene rings is 1. The summed E-state index contributed by atoms with van der Waals surface area (Å²) in [6, 6.07) is 4.69. The highest BCUT2D eigenvalue weighted by Gasteiger charge is 2.27. The minimum atomic E-state index is -0.632. The van der Waals surface area contributed by atoms with Gasteiger partial charge in [0.1, 0.15) is 5.82 Å². The second-order valence-electron chi connectivity index (χ2n) is 6.10. The van der Waals surface area contributed by atoms with Gasteiger partial charge in [0, 0.05) is 13.1 Å². The van der Waals surface area contributed by atoms with Crippen LogP contribution in [0.2, 0.25) is 0 Å². The average molecular weight is 323 g/mol. The molecule has 0 spiro atoms. The van der Waals surface area contributed by atoms with Crippen molar-refractivity contribution in [1.29, 1.82) is 0 Å². The minimum absolute atomic E-state index is 0.00705. The lowest BCUT2D eigenvalue weighted by Gasteiger charge is -2.19. The molecule has 5 nitrogen and oxygen atoms in total. The third-order valence-electron chi connectivity index (χ3n) is 4.43. The summed E-state index contributed by atoms with van der Waals surface area (Å²) in [5.74, 6) is -0.676. The minimum Gasteiger partial charge on any atom is -0.465 e. The lowest BCUT2D eigenvalue weighted by Crippen LogP contribution is -2.31. The Morgan fingerprint density at radius 1 is 1.39 bits per heavy atom. The van der Waals surface area contributed by atoms with Gasteiger partial charge in [-0.3, -0.25) is 4.90 Å². The molecule has 23 heavy (non-hydrogen) atoms. The third-order valence-corrected chi connectivity index (χ3v) is 4.43. The Bertz CT molecular complexity index is 560. The molecular formula is C17H22FNO4. The summed E-state index contributed by atoms with van der Waals surface area (Å²) < 4.78 is 29.2. The summed E-state index contributed by atoms with van der Waals surface area (Å²) in [5.41, 5.74) is 0.972. The zero-order valence-corrected chi connectivity index (χ0v) is 13.3. The van der Waals surface area contributed by atoms with Gasteiger partial charge in [0.15, 0.2) is 6.29 Å². The summed E-state index contributed by atoms with van der Waals surface area (Å²) >= 11 is 0. The highest BCUT2D eigenvalue weighted by Crippen LogP contribution is 2.23. The van der Waals surface area contributed by atoms with E-state index in [1.165, 1.54) is 13.2 Å². The molecule has 2 saturated heterocycles. The summed E-state index contributed by atoms with van der Waals surface area (Å²) in [6.07, 6.45) is 1.80. The zero-order valence-electron chi connectivity index (χ0n) is 13.3. The molecule has 2 aliphatic heterocycles. The first-order valence-electron chi connectivity index (χ1n) is 7.98. The lowest BCUT2D eigenvalue weighted by atomic mass is 9.97. The van der Waals surface area contributed by atoms with Crippen molar-refractivity contribution in [3.8, 4) is 0 Å². The van der Waals surface area contributed by atoms with Gasteiger partial charge in [0.25, 0.3) is 0 Å². The molecule has 1 atom stereocenters. The van der Waals surface area contributed by atoms with Gasteiger partial charge in [-0.2, -0.15) is 0 Å². The topological polar surface area (TPSA) is 48.0 Å². The summed E-state index contributed by atoms with van der Waals surface area (Å²) in [7, 11) is 1.26. The maximum absolute atomic E-state index is 13.7. The third kappa shape index (κ3) is 4.07. The molecule has 0 radical (unpaired) electrons. The Kier molecular flexibility index (Phi) is 5.25. The van der Waals surface area contributed by atoms with Crippen LogP contribution in [-0.2, 0) is 20.6 Å². The Balaban J connectivity index is 1.56. The van der Waals surface area contributed by atoms with Crippen LogP contribution in [0, 0.1) is 11.7 Å². The van der Waals surface area contributed by atoms with Crippen molar-refractivity contribution >= 4 is 5.97 Å². The number of halogens is 1. The normalized spacial score (nSPS) is 22.6. The molecule has 3 rings (SSSR count). The van der Waals surface area contributed by atoms with E-state index in [4.69, 9.17) is 9.47 Å². The van der Waals surface area contributed by atoms with Crippen LogP contribution >= 0.6 is 0 Å². The van der Waals surface area contributed by atoms with E-state index in [1.807, 2.05) is 0 Å². The van der Waals surface area contributed by atoms with Gasteiger partial charge in [-0.25, -0.2) is 9.18 Å². The number of likely N-dealkylation sites (tertiary alicyclic amines) is 1. The molecule has 126 valence electrons. The number of ether oxygens (including phenoxy) is 3. The number of esters is 1. The molecule has 0 N–H and O–H groups in total. The van der Waals surface area contributed by atoms with E-state index in [0.29, 0.717) is 19.1 Å². The Labute approximate surface area is 135 Å². The van der Waals surface area contributed by atoms with Crippen LogP contribution in [0.4, 0.5) is 4.39 Å². The van der Waals surface area contributed by atoms with Gasteiger partial charge in [0.05, 0.1) is 25.9 Å². The quantitative estimate of drug-likeness (QED) is 0.774. The Morgan fingerprint density at radius 3 is 2.91 bits per heavy atom. The van der Waals surface area contributed by atoms with E-state index in [-0.39, 0.29) is 11.9 Å². The van der Waals surface area contributed by atoms with Gasteiger partial charge < -0.3 is 14.2 Å². The van der Waals surface area contributed by atoms with Crippen LogP contribution in [0.5, 0.6) is 0 Å². The molecule has 2 heterocycles. The fraction of sp³-hybridized carbons (Fsp3) is 0.588. The van der Waals surface area contributed by atoms with Crippen molar-refractivity contribution in [2.24, 2.45) is 5.92 Å². The van der Waals surface area contributed by atoms with Crippen molar-refractivity contribution < 1.29 is 23.4 Å². The number of rotatable bonds is 5. The number of nitrogens with zero attached hydrogens (tertiary/aromatic N) is 1. The van der Waals surface area contributed by atoms with E-state index in [0.717, 1.165) is 38.0 Å². The molecule has 0 aromatic heterocycles. The number of carbonyl (C=O) groups excluding carboxylic acids is 1. The lowest BCUT2D eigenvalue weighted by molar-refractivity contribution is -0.0590. The smallest absolute Gasteiger partial charge is 0.340 e. The monoisotopic (exact) mass is 323 g/mol. The van der Waals surface area contributed by atoms with Gasteiger partial charge >= 0.3 is 5.97 Å². The highest BCUT2D eigenvalue weighted by atomic mass is 19.1. The van der Waals surface area contributed by atoms with E-state index in [2.05, 4.69) is 9.64 Å². The molecule has 0 saturated carbocycles. The Morgan fingerprint density at radius 2 is 2.17 bits per heavy atom. The van der Waals surface area contributed by atoms with Crippen molar-refractivity contribution in [2.45, 2.75) is 19.1 Å². The van der Waals surface area contributed by atoms with Crippen LogP contribution in [0.3, 0.4) is 0 Å². The van der Waals surface area contributed by atoms with E-state index in [9.17, 15) is 9.18 Å². The van der Waals surface area contributed by atoms with Gasteiger partial charge in [-0.1, -0.05) is 6.07 Å². The summed E-state index contributed by atoms with van der Waals surface area (Å²) in [4.78, 5) is 13.9. The van der Waals surface area contributed by atoms with Crippen molar-refractivity contribution in [3.63, 3.8) is 0 Å². The van der Waals surface area contributed by atoms with Crippen LogP contribution < -0.4 is 0 Å². The standard InChI is InChI=1S/C17H22FNO4/c1-21-17(20)14-9-12(2-3-15(14)18)8-13-4-5-19(10-13)11-16-22-6-7-23-16/h2-3,9,13,16H,4-8,10-11H2,1H3. The van der Waals surface area contributed by atoms with Crippen molar-refractivity contribution in [1.82, 2.24) is 4.90 Å². The first-order chi connectivity index (χ1) is 11.2. The van der Waals surface area contributed by atoms with Crippen LogP contribution in [0.15, 0.2) is 18.2 Å². The molecule has 0 amide bonds. The second kappa shape index (κ2) is 7.38. The molecule has 0 aliphatic carbocycles. The number of carbonyl (C=O) groups is 1. The number of methoxy groups -OCH3 is 1. The zero-order chi connectivity index (χ0) is 16.2. The predicted molar refractivity (Wildman–Crippen MR) is 81.7 cm³/mol. The predicted octanol–water partition coefficient (Wildman–Crippen LogP) is 1.85. The number of hydrogen-bond acceptors (Lipinski definition) is 5. The summed E-state index contributed by atoms with van der Waals surface area (Å²) in [5, 5.41) is 0. The SMILES string of the molecule is COC(=O)c1cc(CC2CCN(CC3OCCO3)C2)ccc1F. The maximum Gasteiger partial charge on any atom is 0.340 e. The molecule has 1 unspecified atom stereocenters. The van der Waals surface area contributed by atoms with E-state index < -0.39 is 11.8 Å². The van der Waals surface area contributed by atoms with Gasteiger partial charge in [0.2, 0.25) is 0 Å². The molecule has 1 aromatic carbocycles. The van der Waals surface area contributed by atoms with Crippen molar-refractivity contribution in [2.75, 3.05) is 40.0 Å². The molecule has 2 fully saturated rings. The second-order valence-corrected chi connectivity index (χ2v) is 6.10. The fourth-order valence-electron chi connectivity index (χ4n) is 3.27. The first-order valence-corrected chi connectivity index (χ1v) is 7.98. The fourth-order valence-corrected chi connectivity index (χ4v) is 3.27. The molecule has 1 aromatic rings. The van der Waals surface area contributed by atoms with E-state index in [1.54, 1.807) is 12.1 Å². The first kappa shape index (κ1) is 16.4. The van der Waals surface area contributed by atoms with E-state index >= 15 is 0 Å². The van der Waals surface area contributed by atoms with Crippen LogP contribution in [0.1, 0.15) is 22.3 Å². The molecule has 6 heteroatoms.